The standard InChI is InChI=1S/C32H43NO2/c1-9-32-14-12-27(2,3)18-21(32)25-22(34)16-24-29(6)17-20(19-33)26(35)28(4,5)23(29)10-11-30(24,7)31(25,8)13-15-32/h1,17,21,23-25H,10-16,18H2,2-8H3/t21-,23-,24+,25-,29-,30+,31+,32+/m0/s1. The van der Waals surface area contributed by atoms with E-state index in [1.54, 1.807) is 0 Å². The number of terminal acetylenes is 1. The van der Waals surface area contributed by atoms with E-state index < -0.39 is 5.41 Å². The molecule has 0 radical (unpaired) electrons. The van der Waals surface area contributed by atoms with Crippen molar-refractivity contribution in [3.63, 3.8) is 0 Å². The summed E-state index contributed by atoms with van der Waals surface area (Å²) < 4.78 is 0. The fourth-order valence-electron chi connectivity index (χ4n) is 10.6. The average Bonchev–Trinajstić information content (AvgIpc) is 2.77. The molecule has 0 aliphatic heterocycles. The van der Waals surface area contributed by atoms with Crippen molar-refractivity contribution in [3.05, 3.63) is 11.6 Å². The lowest BCUT2D eigenvalue weighted by Crippen LogP contribution is -2.68. The van der Waals surface area contributed by atoms with Gasteiger partial charge in [-0.3, -0.25) is 9.59 Å². The molecule has 0 saturated heterocycles. The quantitative estimate of drug-likeness (QED) is 0.359. The molecule has 4 saturated carbocycles. The molecular weight excluding hydrogens is 430 g/mol. The molecule has 188 valence electrons. The third-order valence-electron chi connectivity index (χ3n) is 12.8. The van der Waals surface area contributed by atoms with Gasteiger partial charge in [-0.25, -0.2) is 0 Å². The second kappa shape index (κ2) is 7.12. The maximum atomic E-state index is 14.3. The van der Waals surface area contributed by atoms with Gasteiger partial charge in [-0.15, -0.1) is 6.42 Å². The summed E-state index contributed by atoms with van der Waals surface area (Å²) in [5.41, 5.74) is -0.725. The lowest BCUT2D eigenvalue weighted by Gasteiger charge is -2.71. The van der Waals surface area contributed by atoms with E-state index in [4.69, 9.17) is 6.42 Å². The Morgan fingerprint density at radius 2 is 1.57 bits per heavy atom. The molecule has 0 aromatic heterocycles. The summed E-state index contributed by atoms with van der Waals surface area (Å²) >= 11 is 0. The fourth-order valence-corrected chi connectivity index (χ4v) is 10.6. The number of nitrogens with zero attached hydrogens (tertiary/aromatic N) is 1. The lowest BCUT2D eigenvalue weighted by molar-refractivity contribution is -0.216. The van der Waals surface area contributed by atoms with Crippen LogP contribution in [0.2, 0.25) is 0 Å². The van der Waals surface area contributed by atoms with Gasteiger partial charge in [0.25, 0.3) is 0 Å². The summed E-state index contributed by atoms with van der Waals surface area (Å²) in [5.74, 6) is 4.15. The molecule has 3 nitrogen and oxygen atoms in total. The van der Waals surface area contributed by atoms with Gasteiger partial charge in [0, 0.05) is 23.2 Å². The number of carbonyl (C=O) groups is 2. The first-order valence-corrected chi connectivity index (χ1v) is 13.8. The van der Waals surface area contributed by atoms with Crippen LogP contribution in [0.5, 0.6) is 0 Å². The fraction of sp³-hybridized carbons (Fsp3) is 0.781. The van der Waals surface area contributed by atoms with E-state index >= 15 is 0 Å². The smallest absolute Gasteiger partial charge is 0.178 e. The largest absolute Gasteiger partial charge is 0.299 e. The van der Waals surface area contributed by atoms with E-state index in [0.29, 0.717) is 17.8 Å². The van der Waals surface area contributed by atoms with Gasteiger partial charge in [0.1, 0.15) is 11.9 Å². The number of fused-ring (bicyclic) bond motifs is 7. The summed E-state index contributed by atoms with van der Waals surface area (Å²) in [6.45, 7) is 15.8. The maximum absolute atomic E-state index is 14.3. The van der Waals surface area contributed by atoms with Crippen molar-refractivity contribution in [2.45, 2.75) is 99.8 Å². The molecule has 0 amide bonds. The highest BCUT2D eigenvalue weighted by Crippen LogP contribution is 2.75. The Morgan fingerprint density at radius 1 is 0.914 bits per heavy atom. The third kappa shape index (κ3) is 2.91. The highest BCUT2D eigenvalue weighted by atomic mass is 16.1. The molecule has 0 spiro atoms. The molecule has 8 atom stereocenters. The van der Waals surface area contributed by atoms with Gasteiger partial charge in [0.2, 0.25) is 0 Å². The number of hydrogen-bond donors (Lipinski definition) is 0. The van der Waals surface area contributed by atoms with Crippen LogP contribution in [0, 0.1) is 79.8 Å². The summed E-state index contributed by atoms with van der Waals surface area (Å²) in [7, 11) is 0. The highest BCUT2D eigenvalue weighted by Gasteiger charge is 2.72. The Kier molecular flexibility index (Phi) is 5.05. The molecule has 5 aliphatic rings. The minimum absolute atomic E-state index is 0.00549. The molecule has 35 heavy (non-hydrogen) atoms. The van der Waals surface area contributed by atoms with Crippen molar-refractivity contribution in [1.82, 2.24) is 0 Å². The summed E-state index contributed by atoms with van der Waals surface area (Å²) in [4.78, 5) is 27.5. The molecule has 0 aromatic rings. The number of rotatable bonds is 0. The monoisotopic (exact) mass is 473 g/mol. The number of nitriles is 1. The van der Waals surface area contributed by atoms with Crippen LogP contribution in [0.3, 0.4) is 0 Å². The minimum Gasteiger partial charge on any atom is -0.299 e. The number of carbonyl (C=O) groups excluding carboxylic acids is 2. The van der Waals surface area contributed by atoms with E-state index in [0.717, 1.165) is 44.9 Å². The SMILES string of the molecule is C#C[C@]12CCC(C)(C)C[C@H]1[C@H]1C(=O)C[C@@H]3[C@@]4(C)C=C(C#N)C(=O)C(C)(C)[C@@H]4CC[C@@]3(C)[C@]1(C)CC2. The van der Waals surface area contributed by atoms with E-state index in [1.165, 1.54) is 0 Å². The number of hydrogen-bond acceptors (Lipinski definition) is 3. The summed E-state index contributed by atoms with van der Waals surface area (Å²) in [6, 6.07) is 2.22. The molecule has 0 unspecified atom stereocenters. The molecule has 5 rings (SSSR count). The molecule has 3 heteroatoms. The van der Waals surface area contributed by atoms with Crippen molar-refractivity contribution in [2.24, 2.45) is 56.2 Å². The topological polar surface area (TPSA) is 57.9 Å². The van der Waals surface area contributed by atoms with Crippen LogP contribution in [-0.4, -0.2) is 11.6 Å². The van der Waals surface area contributed by atoms with Gasteiger partial charge in [0.05, 0.1) is 5.57 Å². The van der Waals surface area contributed by atoms with E-state index in [-0.39, 0.29) is 56.5 Å². The second-order valence-electron chi connectivity index (χ2n) is 15.0. The summed E-state index contributed by atoms with van der Waals surface area (Å²) in [6.07, 6.45) is 16.0. The van der Waals surface area contributed by atoms with Crippen molar-refractivity contribution >= 4 is 11.6 Å². The van der Waals surface area contributed by atoms with Crippen molar-refractivity contribution < 1.29 is 9.59 Å². The van der Waals surface area contributed by atoms with Gasteiger partial charge in [-0.05, 0) is 84.4 Å². The van der Waals surface area contributed by atoms with Crippen LogP contribution in [-0.2, 0) is 9.59 Å². The van der Waals surface area contributed by atoms with Crippen molar-refractivity contribution in [2.75, 3.05) is 0 Å². The van der Waals surface area contributed by atoms with E-state index in [2.05, 4.69) is 46.6 Å². The molecule has 0 heterocycles. The van der Waals surface area contributed by atoms with Gasteiger partial charge < -0.3 is 0 Å². The first-order chi connectivity index (χ1) is 16.1. The van der Waals surface area contributed by atoms with Crippen molar-refractivity contribution in [3.8, 4) is 18.4 Å². The Balaban J connectivity index is 1.64. The van der Waals surface area contributed by atoms with Gasteiger partial charge in [0.15, 0.2) is 5.78 Å². The summed E-state index contributed by atoms with van der Waals surface area (Å²) in [5, 5.41) is 9.86. The zero-order valence-electron chi connectivity index (χ0n) is 22.9. The van der Waals surface area contributed by atoms with Gasteiger partial charge in [-0.2, -0.15) is 5.26 Å². The second-order valence-corrected chi connectivity index (χ2v) is 15.0. The highest BCUT2D eigenvalue weighted by molar-refractivity contribution is 6.04. The Hall–Kier alpha value is -1.87. The normalized spacial score (nSPS) is 49.8. The number of allylic oxidation sites excluding steroid dienone is 2. The van der Waals surface area contributed by atoms with Crippen LogP contribution in [0.1, 0.15) is 99.8 Å². The molecule has 0 N–H and O–H groups in total. The molecule has 5 aliphatic carbocycles. The van der Waals surface area contributed by atoms with Crippen LogP contribution in [0.4, 0.5) is 0 Å². The maximum Gasteiger partial charge on any atom is 0.178 e. The zero-order valence-corrected chi connectivity index (χ0v) is 22.9. The van der Waals surface area contributed by atoms with Crippen LogP contribution in [0.25, 0.3) is 0 Å². The number of Topliss-reactive ketones (excluding diaryl/α,β-unsaturated/α-hetero) is 2. The molecule has 4 fully saturated rings. The van der Waals surface area contributed by atoms with Gasteiger partial charge in [-0.1, -0.05) is 60.5 Å². The van der Waals surface area contributed by atoms with Gasteiger partial charge >= 0.3 is 0 Å². The average molecular weight is 474 g/mol. The minimum atomic E-state index is -0.588. The lowest BCUT2D eigenvalue weighted by atomic mass is 9.31. The predicted molar refractivity (Wildman–Crippen MR) is 138 cm³/mol. The Bertz CT molecular complexity index is 1110. The molecule has 0 bridgehead atoms. The van der Waals surface area contributed by atoms with Crippen molar-refractivity contribution in [1.29, 1.82) is 5.26 Å². The van der Waals surface area contributed by atoms with Crippen LogP contribution < -0.4 is 0 Å². The Morgan fingerprint density at radius 3 is 2.20 bits per heavy atom. The van der Waals surface area contributed by atoms with Crippen LogP contribution in [0.15, 0.2) is 11.6 Å². The molecule has 0 aromatic carbocycles. The van der Waals surface area contributed by atoms with E-state index in [9.17, 15) is 14.9 Å². The van der Waals surface area contributed by atoms with Crippen LogP contribution >= 0.6 is 0 Å². The number of ketones is 2. The first kappa shape index (κ1) is 24.8. The first-order valence-electron chi connectivity index (χ1n) is 13.8. The molecular formula is C32H43NO2. The Labute approximate surface area is 212 Å². The third-order valence-corrected chi connectivity index (χ3v) is 12.8. The zero-order chi connectivity index (χ0) is 25.8. The predicted octanol–water partition coefficient (Wildman–Crippen LogP) is 6.92. The van der Waals surface area contributed by atoms with E-state index in [1.807, 2.05) is 19.9 Å².